The standard InChI is InChI=1S/C24H27N3O4S/c1-29-21-4-2-3-18(15-21)16-31-20-7-5-19(6-8-20)24-26-22(17-32-24)23(28)25-9-10-27-11-13-30-14-12-27/h2-8,15,17H,9-14,16H2,1H3,(H,25,28). The fourth-order valence-corrected chi connectivity index (χ4v) is 4.18. The highest BCUT2D eigenvalue weighted by molar-refractivity contribution is 7.13. The fourth-order valence-electron chi connectivity index (χ4n) is 3.38. The molecule has 2 aromatic carbocycles. The largest absolute Gasteiger partial charge is 0.497 e. The van der Waals surface area contributed by atoms with Crippen LogP contribution >= 0.6 is 11.3 Å². The number of methoxy groups -OCH3 is 1. The number of benzene rings is 2. The smallest absolute Gasteiger partial charge is 0.270 e. The Morgan fingerprint density at radius 1 is 1.16 bits per heavy atom. The van der Waals surface area contributed by atoms with E-state index in [9.17, 15) is 4.79 Å². The summed E-state index contributed by atoms with van der Waals surface area (Å²) in [6.07, 6.45) is 0. The summed E-state index contributed by atoms with van der Waals surface area (Å²) in [6, 6.07) is 15.6. The minimum absolute atomic E-state index is 0.140. The first-order chi connectivity index (χ1) is 15.7. The van der Waals surface area contributed by atoms with Gasteiger partial charge in [0.1, 0.15) is 28.8 Å². The van der Waals surface area contributed by atoms with Crippen molar-refractivity contribution in [1.29, 1.82) is 0 Å². The number of carbonyl (C=O) groups excluding carboxylic acids is 1. The van der Waals surface area contributed by atoms with Gasteiger partial charge in [-0.15, -0.1) is 11.3 Å². The van der Waals surface area contributed by atoms with Crippen molar-refractivity contribution in [2.24, 2.45) is 0 Å². The zero-order valence-corrected chi connectivity index (χ0v) is 18.9. The van der Waals surface area contributed by atoms with Gasteiger partial charge >= 0.3 is 0 Å². The molecule has 1 N–H and O–H groups in total. The number of carbonyl (C=O) groups is 1. The van der Waals surface area contributed by atoms with Gasteiger partial charge in [-0.25, -0.2) is 4.98 Å². The van der Waals surface area contributed by atoms with Gasteiger partial charge in [-0.3, -0.25) is 9.69 Å². The molecular formula is C24H27N3O4S. The molecule has 0 spiro atoms. The number of ether oxygens (including phenoxy) is 3. The highest BCUT2D eigenvalue weighted by atomic mass is 32.1. The van der Waals surface area contributed by atoms with Gasteiger partial charge in [0.2, 0.25) is 0 Å². The third-order valence-corrected chi connectivity index (χ3v) is 6.09. The second-order valence-corrected chi connectivity index (χ2v) is 8.27. The van der Waals surface area contributed by atoms with Gasteiger partial charge in [0.25, 0.3) is 5.91 Å². The lowest BCUT2D eigenvalue weighted by atomic mass is 10.2. The molecule has 4 rings (SSSR count). The van der Waals surface area contributed by atoms with E-state index < -0.39 is 0 Å². The number of nitrogens with one attached hydrogen (secondary N) is 1. The van der Waals surface area contributed by atoms with Crippen molar-refractivity contribution in [2.75, 3.05) is 46.5 Å². The molecule has 0 bridgehead atoms. The molecule has 1 aliphatic rings. The minimum atomic E-state index is -0.140. The molecule has 1 amide bonds. The molecule has 1 saturated heterocycles. The third-order valence-electron chi connectivity index (χ3n) is 5.20. The third kappa shape index (κ3) is 6.06. The summed E-state index contributed by atoms with van der Waals surface area (Å²) in [7, 11) is 1.65. The maximum atomic E-state index is 12.4. The second kappa shape index (κ2) is 11.1. The summed E-state index contributed by atoms with van der Waals surface area (Å²) < 4.78 is 16.5. The summed E-state index contributed by atoms with van der Waals surface area (Å²) in [5.41, 5.74) is 2.44. The summed E-state index contributed by atoms with van der Waals surface area (Å²) in [4.78, 5) is 19.2. The number of hydrogen-bond acceptors (Lipinski definition) is 7. The van der Waals surface area contributed by atoms with E-state index in [4.69, 9.17) is 14.2 Å². The van der Waals surface area contributed by atoms with E-state index in [1.807, 2.05) is 48.5 Å². The molecule has 1 aromatic heterocycles. The normalized spacial score (nSPS) is 14.2. The SMILES string of the molecule is COc1cccc(COc2ccc(-c3nc(C(=O)NCCN4CCOCC4)cs3)cc2)c1. The van der Waals surface area contributed by atoms with Gasteiger partial charge in [-0.1, -0.05) is 12.1 Å². The monoisotopic (exact) mass is 453 g/mol. The van der Waals surface area contributed by atoms with Gasteiger partial charge < -0.3 is 19.5 Å². The van der Waals surface area contributed by atoms with Crippen LogP contribution < -0.4 is 14.8 Å². The fraction of sp³-hybridized carbons (Fsp3) is 0.333. The van der Waals surface area contributed by atoms with E-state index >= 15 is 0 Å². The van der Waals surface area contributed by atoms with E-state index in [0.29, 0.717) is 18.8 Å². The predicted octanol–water partition coefficient (Wildman–Crippen LogP) is 3.46. The van der Waals surface area contributed by atoms with Crippen LogP contribution in [0.4, 0.5) is 0 Å². The van der Waals surface area contributed by atoms with Gasteiger partial charge in [0.05, 0.1) is 20.3 Å². The zero-order chi connectivity index (χ0) is 22.2. The van der Waals surface area contributed by atoms with Crippen LogP contribution in [0.2, 0.25) is 0 Å². The van der Waals surface area contributed by atoms with Crippen LogP contribution in [0.5, 0.6) is 11.5 Å². The van der Waals surface area contributed by atoms with Crippen molar-refractivity contribution in [3.63, 3.8) is 0 Å². The molecule has 8 heteroatoms. The maximum Gasteiger partial charge on any atom is 0.270 e. The lowest BCUT2D eigenvalue weighted by Crippen LogP contribution is -2.41. The first kappa shape index (κ1) is 22.3. The predicted molar refractivity (Wildman–Crippen MR) is 124 cm³/mol. The highest BCUT2D eigenvalue weighted by Crippen LogP contribution is 2.26. The molecule has 0 radical (unpaired) electrons. The van der Waals surface area contributed by atoms with Crippen molar-refractivity contribution in [1.82, 2.24) is 15.2 Å². The average Bonchev–Trinajstić information content (AvgIpc) is 3.34. The van der Waals surface area contributed by atoms with Crippen LogP contribution in [0.15, 0.2) is 53.9 Å². The van der Waals surface area contributed by atoms with E-state index in [1.165, 1.54) is 11.3 Å². The van der Waals surface area contributed by atoms with E-state index in [2.05, 4.69) is 15.2 Å². The Labute approximate surface area is 191 Å². The lowest BCUT2D eigenvalue weighted by molar-refractivity contribution is 0.0383. The summed E-state index contributed by atoms with van der Waals surface area (Å²) in [6.45, 7) is 5.23. The molecule has 0 aliphatic carbocycles. The first-order valence-corrected chi connectivity index (χ1v) is 11.5. The number of aromatic nitrogens is 1. The van der Waals surface area contributed by atoms with Gasteiger partial charge in [0, 0.05) is 37.1 Å². The van der Waals surface area contributed by atoms with Gasteiger partial charge in [0.15, 0.2) is 0 Å². The summed E-state index contributed by atoms with van der Waals surface area (Å²) in [5.74, 6) is 1.44. The number of rotatable bonds is 9. The number of nitrogens with zero attached hydrogens (tertiary/aromatic N) is 2. The van der Waals surface area contributed by atoms with Crippen molar-refractivity contribution < 1.29 is 19.0 Å². The quantitative estimate of drug-likeness (QED) is 0.535. The molecule has 0 saturated carbocycles. The Morgan fingerprint density at radius 2 is 1.97 bits per heavy atom. The molecule has 2 heterocycles. The summed E-state index contributed by atoms with van der Waals surface area (Å²) in [5, 5.41) is 5.56. The van der Waals surface area contributed by atoms with Crippen LogP contribution in [0, 0.1) is 0 Å². The zero-order valence-electron chi connectivity index (χ0n) is 18.1. The van der Waals surface area contributed by atoms with Crippen LogP contribution in [0.1, 0.15) is 16.1 Å². The molecule has 3 aromatic rings. The number of hydrogen-bond donors (Lipinski definition) is 1. The van der Waals surface area contributed by atoms with E-state index in [1.54, 1.807) is 12.5 Å². The number of thiazole rings is 1. The molecular weight excluding hydrogens is 426 g/mol. The number of morpholine rings is 1. The molecule has 1 fully saturated rings. The second-order valence-electron chi connectivity index (χ2n) is 7.41. The van der Waals surface area contributed by atoms with Crippen molar-refractivity contribution in [3.05, 3.63) is 65.2 Å². The molecule has 7 nitrogen and oxygen atoms in total. The van der Waals surface area contributed by atoms with Crippen LogP contribution in [-0.2, 0) is 11.3 Å². The Balaban J connectivity index is 1.28. The summed E-state index contributed by atoms with van der Waals surface area (Å²) >= 11 is 1.46. The Hall–Kier alpha value is -2.94. The highest BCUT2D eigenvalue weighted by Gasteiger charge is 2.14. The average molecular weight is 454 g/mol. The number of amides is 1. The van der Waals surface area contributed by atoms with Crippen molar-refractivity contribution >= 4 is 17.2 Å². The Morgan fingerprint density at radius 3 is 2.75 bits per heavy atom. The molecule has 168 valence electrons. The molecule has 0 unspecified atom stereocenters. The minimum Gasteiger partial charge on any atom is -0.497 e. The molecule has 32 heavy (non-hydrogen) atoms. The van der Waals surface area contributed by atoms with Gasteiger partial charge in [-0.2, -0.15) is 0 Å². The van der Waals surface area contributed by atoms with Crippen LogP contribution in [0.3, 0.4) is 0 Å². The van der Waals surface area contributed by atoms with Crippen LogP contribution in [0.25, 0.3) is 10.6 Å². The van der Waals surface area contributed by atoms with Crippen molar-refractivity contribution in [2.45, 2.75) is 6.61 Å². The van der Waals surface area contributed by atoms with E-state index in [-0.39, 0.29) is 5.91 Å². The van der Waals surface area contributed by atoms with Crippen molar-refractivity contribution in [3.8, 4) is 22.1 Å². The van der Waals surface area contributed by atoms with Gasteiger partial charge in [-0.05, 0) is 42.0 Å². The molecule has 0 atom stereocenters. The maximum absolute atomic E-state index is 12.4. The topological polar surface area (TPSA) is 72.9 Å². The van der Waals surface area contributed by atoms with Crippen LogP contribution in [-0.4, -0.2) is 62.3 Å². The molecule has 1 aliphatic heterocycles. The first-order valence-electron chi connectivity index (χ1n) is 10.6. The Kier molecular flexibility index (Phi) is 7.71. The van der Waals surface area contributed by atoms with E-state index in [0.717, 1.165) is 60.5 Å². The Bertz CT molecular complexity index is 1020. The lowest BCUT2D eigenvalue weighted by Gasteiger charge is -2.26.